The summed E-state index contributed by atoms with van der Waals surface area (Å²) in [6, 6.07) is 1.80. The molecule has 0 saturated carbocycles. The summed E-state index contributed by atoms with van der Waals surface area (Å²) in [6.07, 6.45) is 12.9. The Morgan fingerprint density at radius 3 is 2.71 bits per heavy atom. The highest BCUT2D eigenvalue weighted by Crippen LogP contribution is 2.31. The molecule has 1 aromatic heterocycles. The number of aromatic nitrogens is 2. The number of nitrogens with zero attached hydrogens (tertiary/aromatic N) is 3. The Kier molecular flexibility index (Phi) is 4.10. The van der Waals surface area contributed by atoms with Crippen molar-refractivity contribution in [3.8, 4) is 0 Å². The van der Waals surface area contributed by atoms with Crippen molar-refractivity contribution in [3.05, 3.63) is 30.6 Å². The number of piperidine rings is 1. The van der Waals surface area contributed by atoms with Crippen molar-refractivity contribution in [2.45, 2.75) is 37.6 Å². The van der Waals surface area contributed by atoms with Crippen LogP contribution in [0.5, 0.6) is 0 Å². The molecule has 1 N–H and O–H groups in total. The van der Waals surface area contributed by atoms with Crippen LogP contribution in [-0.2, 0) is 10.3 Å². The van der Waals surface area contributed by atoms with Gasteiger partial charge in [0.25, 0.3) is 0 Å². The first-order valence-corrected chi connectivity index (χ1v) is 7.81. The summed E-state index contributed by atoms with van der Waals surface area (Å²) in [5.41, 5.74) is -0.855. The molecule has 0 unspecified atom stereocenters. The van der Waals surface area contributed by atoms with Crippen molar-refractivity contribution >= 4 is 5.97 Å². The number of carbonyl (C=O) groups is 1. The van der Waals surface area contributed by atoms with Crippen LogP contribution in [0.15, 0.2) is 30.6 Å². The van der Waals surface area contributed by atoms with Gasteiger partial charge < -0.3 is 10.0 Å². The van der Waals surface area contributed by atoms with Crippen molar-refractivity contribution in [2.75, 3.05) is 19.6 Å². The van der Waals surface area contributed by atoms with Crippen LogP contribution in [-0.4, -0.2) is 45.4 Å². The van der Waals surface area contributed by atoms with E-state index < -0.39 is 11.5 Å². The maximum atomic E-state index is 11.8. The standard InChI is InChI=1S/C16H23N3O2/c20-15(21)16(19-10-4-9-17-19)7-11-18(12-8-16)13-14-5-2-1-3-6-14/h1-2,4,9-10,14H,3,5-8,11-13H2,(H,20,21)/t14-/m1/s1. The van der Waals surface area contributed by atoms with Gasteiger partial charge in [0.05, 0.1) is 0 Å². The number of carboxylic acids is 1. The molecule has 114 valence electrons. The number of likely N-dealkylation sites (tertiary alicyclic amines) is 1. The van der Waals surface area contributed by atoms with Gasteiger partial charge >= 0.3 is 5.97 Å². The molecule has 0 radical (unpaired) electrons. The van der Waals surface area contributed by atoms with Gasteiger partial charge in [-0.15, -0.1) is 0 Å². The minimum Gasteiger partial charge on any atom is -0.479 e. The summed E-state index contributed by atoms with van der Waals surface area (Å²) in [4.78, 5) is 14.2. The van der Waals surface area contributed by atoms with Gasteiger partial charge in [0, 0.05) is 32.0 Å². The highest BCUT2D eigenvalue weighted by Gasteiger charge is 2.44. The zero-order valence-electron chi connectivity index (χ0n) is 12.3. The largest absolute Gasteiger partial charge is 0.479 e. The van der Waals surface area contributed by atoms with E-state index in [-0.39, 0.29) is 0 Å². The zero-order valence-corrected chi connectivity index (χ0v) is 12.3. The van der Waals surface area contributed by atoms with Crippen LogP contribution in [0.1, 0.15) is 32.1 Å². The molecule has 2 heterocycles. The van der Waals surface area contributed by atoms with Crippen molar-refractivity contribution in [2.24, 2.45) is 5.92 Å². The summed E-state index contributed by atoms with van der Waals surface area (Å²) >= 11 is 0. The summed E-state index contributed by atoms with van der Waals surface area (Å²) in [5, 5.41) is 13.9. The highest BCUT2D eigenvalue weighted by molar-refractivity contribution is 5.76. The number of carboxylic acid groups (broad SMARTS) is 1. The Hall–Kier alpha value is -1.62. The second-order valence-electron chi connectivity index (χ2n) is 6.24. The minimum atomic E-state index is -0.855. The van der Waals surface area contributed by atoms with E-state index >= 15 is 0 Å². The number of allylic oxidation sites excluding steroid dienone is 2. The van der Waals surface area contributed by atoms with Crippen molar-refractivity contribution in [1.29, 1.82) is 0 Å². The third-order valence-electron chi connectivity index (χ3n) is 4.92. The number of hydrogen-bond donors (Lipinski definition) is 1. The summed E-state index contributed by atoms with van der Waals surface area (Å²) in [6.45, 7) is 2.78. The minimum absolute atomic E-state index is 0.632. The van der Waals surface area contributed by atoms with E-state index in [2.05, 4.69) is 22.2 Å². The lowest BCUT2D eigenvalue weighted by molar-refractivity contribution is -0.151. The molecule has 0 aromatic carbocycles. The molecule has 1 atom stereocenters. The van der Waals surface area contributed by atoms with Crippen LogP contribution in [0.25, 0.3) is 0 Å². The molecule has 1 aromatic rings. The van der Waals surface area contributed by atoms with Gasteiger partial charge in [0.2, 0.25) is 0 Å². The fourth-order valence-corrected chi connectivity index (χ4v) is 3.56. The van der Waals surface area contributed by atoms with E-state index in [9.17, 15) is 9.90 Å². The van der Waals surface area contributed by atoms with Crippen LogP contribution in [0.2, 0.25) is 0 Å². The topological polar surface area (TPSA) is 58.4 Å². The molecule has 5 heteroatoms. The zero-order chi connectivity index (χ0) is 14.7. The van der Waals surface area contributed by atoms with Gasteiger partial charge in [-0.05, 0) is 44.1 Å². The van der Waals surface area contributed by atoms with Gasteiger partial charge in [0.1, 0.15) is 0 Å². The van der Waals surface area contributed by atoms with Crippen LogP contribution in [0.4, 0.5) is 0 Å². The predicted octanol–water partition coefficient (Wildman–Crippen LogP) is 2.12. The Balaban J connectivity index is 1.63. The second kappa shape index (κ2) is 6.02. The average Bonchev–Trinajstić information content (AvgIpc) is 3.04. The van der Waals surface area contributed by atoms with E-state index in [0.717, 1.165) is 25.6 Å². The molecule has 21 heavy (non-hydrogen) atoms. The number of aliphatic carboxylic acids is 1. The molecule has 1 fully saturated rings. The van der Waals surface area contributed by atoms with Crippen LogP contribution < -0.4 is 0 Å². The molecule has 0 spiro atoms. The highest BCUT2D eigenvalue weighted by atomic mass is 16.4. The monoisotopic (exact) mass is 289 g/mol. The molecule has 0 bridgehead atoms. The third-order valence-corrected chi connectivity index (χ3v) is 4.92. The molecule has 0 amide bonds. The van der Waals surface area contributed by atoms with Gasteiger partial charge in [-0.1, -0.05) is 12.2 Å². The molecule has 1 aliphatic carbocycles. The summed E-state index contributed by atoms with van der Waals surface area (Å²) < 4.78 is 1.63. The van der Waals surface area contributed by atoms with Crippen LogP contribution >= 0.6 is 0 Å². The molecule has 2 aliphatic rings. The molecule has 1 aliphatic heterocycles. The lowest BCUT2D eigenvalue weighted by Gasteiger charge is -2.40. The first-order chi connectivity index (χ1) is 10.2. The maximum Gasteiger partial charge on any atom is 0.331 e. The summed E-state index contributed by atoms with van der Waals surface area (Å²) in [7, 11) is 0. The van der Waals surface area contributed by atoms with E-state index in [1.54, 1.807) is 23.1 Å². The maximum absolute atomic E-state index is 11.8. The number of rotatable bonds is 4. The Morgan fingerprint density at radius 2 is 2.14 bits per heavy atom. The smallest absolute Gasteiger partial charge is 0.331 e. The second-order valence-corrected chi connectivity index (χ2v) is 6.24. The number of hydrogen-bond acceptors (Lipinski definition) is 3. The van der Waals surface area contributed by atoms with Gasteiger partial charge in [-0.25, -0.2) is 4.79 Å². The quantitative estimate of drug-likeness (QED) is 0.863. The third kappa shape index (κ3) is 2.88. The Labute approximate surface area is 125 Å². The lowest BCUT2D eigenvalue weighted by Crippen LogP contribution is -2.52. The van der Waals surface area contributed by atoms with Crippen LogP contribution in [0, 0.1) is 5.92 Å². The van der Waals surface area contributed by atoms with Crippen molar-refractivity contribution < 1.29 is 9.90 Å². The Bertz CT molecular complexity index is 502. The first kappa shape index (κ1) is 14.3. The fourth-order valence-electron chi connectivity index (χ4n) is 3.56. The van der Waals surface area contributed by atoms with Gasteiger partial charge in [0.15, 0.2) is 5.54 Å². The van der Waals surface area contributed by atoms with Crippen molar-refractivity contribution in [3.63, 3.8) is 0 Å². The van der Waals surface area contributed by atoms with E-state index in [4.69, 9.17) is 0 Å². The SMILES string of the molecule is O=C(O)C1(n2cccn2)CCN(C[C@@H]2CC=CCC2)CC1. The molecule has 3 rings (SSSR count). The van der Waals surface area contributed by atoms with Gasteiger partial charge in [-0.2, -0.15) is 5.10 Å². The Morgan fingerprint density at radius 1 is 1.33 bits per heavy atom. The van der Waals surface area contributed by atoms with E-state index in [0.29, 0.717) is 12.8 Å². The van der Waals surface area contributed by atoms with Gasteiger partial charge in [-0.3, -0.25) is 4.68 Å². The lowest BCUT2D eigenvalue weighted by atomic mass is 9.86. The molecule has 5 nitrogen and oxygen atoms in total. The average molecular weight is 289 g/mol. The summed E-state index contributed by atoms with van der Waals surface area (Å²) in [5.74, 6) is -0.0246. The first-order valence-electron chi connectivity index (χ1n) is 7.81. The molecule has 1 saturated heterocycles. The normalized spacial score (nSPS) is 25.8. The predicted molar refractivity (Wildman–Crippen MR) is 80.0 cm³/mol. The van der Waals surface area contributed by atoms with E-state index in [1.807, 2.05) is 0 Å². The molecular weight excluding hydrogens is 266 g/mol. The molecular formula is C16H23N3O2. The van der Waals surface area contributed by atoms with Crippen LogP contribution in [0.3, 0.4) is 0 Å². The fraction of sp³-hybridized carbons (Fsp3) is 0.625. The van der Waals surface area contributed by atoms with Crippen molar-refractivity contribution in [1.82, 2.24) is 14.7 Å². The van der Waals surface area contributed by atoms with E-state index in [1.165, 1.54) is 19.3 Å².